The topological polar surface area (TPSA) is 72.7 Å². The molecule has 0 unspecified atom stereocenters. The Labute approximate surface area is 170 Å². The third-order valence-corrected chi connectivity index (χ3v) is 5.35. The van der Waals surface area contributed by atoms with Crippen LogP contribution in [-0.4, -0.2) is 25.7 Å². The third kappa shape index (κ3) is 3.81. The number of hydrogen-bond donors (Lipinski definition) is 1. The molecule has 8 heteroatoms. The van der Waals surface area contributed by atoms with Crippen molar-refractivity contribution in [3.8, 4) is 11.5 Å². The SMILES string of the molecule is Cc1ccccc1C(=O)n1nc(-c2ccccn2)nc1NCc1ccc(Cl)s1. The molecule has 1 aromatic carbocycles. The highest BCUT2D eigenvalue weighted by atomic mass is 35.5. The van der Waals surface area contributed by atoms with Crippen LogP contribution in [-0.2, 0) is 6.54 Å². The van der Waals surface area contributed by atoms with Crippen LogP contribution in [0.15, 0.2) is 60.8 Å². The first kappa shape index (κ1) is 18.3. The first-order valence-corrected chi connectivity index (χ1v) is 9.78. The normalized spacial score (nSPS) is 10.8. The molecule has 0 atom stereocenters. The van der Waals surface area contributed by atoms with Crippen LogP contribution in [0.1, 0.15) is 20.8 Å². The Bertz CT molecular complexity index is 1120. The number of nitrogens with zero attached hydrogens (tertiary/aromatic N) is 4. The van der Waals surface area contributed by atoms with Crippen LogP contribution in [0.2, 0.25) is 4.34 Å². The van der Waals surface area contributed by atoms with E-state index in [4.69, 9.17) is 11.6 Å². The summed E-state index contributed by atoms with van der Waals surface area (Å²) in [6, 6.07) is 16.7. The molecule has 0 aliphatic rings. The molecule has 0 fully saturated rings. The quantitative estimate of drug-likeness (QED) is 0.518. The van der Waals surface area contributed by atoms with Crippen LogP contribution in [0, 0.1) is 6.92 Å². The summed E-state index contributed by atoms with van der Waals surface area (Å²) < 4.78 is 2.00. The molecule has 28 heavy (non-hydrogen) atoms. The van der Waals surface area contributed by atoms with Gasteiger partial charge in [0.15, 0.2) is 0 Å². The molecule has 0 bridgehead atoms. The van der Waals surface area contributed by atoms with Gasteiger partial charge < -0.3 is 5.32 Å². The molecular weight excluding hydrogens is 394 g/mol. The maximum Gasteiger partial charge on any atom is 0.281 e. The van der Waals surface area contributed by atoms with E-state index >= 15 is 0 Å². The van der Waals surface area contributed by atoms with Crippen molar-refractivity contribution in [3.05, 3.63) is 81.1 Å². The highest BCUT2D eigenvalue weighted by Crippen LogP contribution is 2.23. The van der Waals surface area contributed by atoms with Gasteiger partial charge in [-0.15, -0.1) is 16.4 Å². The van der Waals surface area contributed by atoms with Crippen molar-refractivity contribution in [1.82, 2.24) is 19.7 Å². The van der Waals surface area contributed by atoms with Gasteiger partial charge in [-0.1, -0.05) is 35.9 Å². The molecule has 0 saturated heterocycles. The molecule has 0 aliphatic carbocycles. The minimum Gasteiger partial charge on any atom is -0.349 e. The lowest BCUT2D eigenvalue weighted by Gasteiger charge is -2.08. The second kappa shape index (κ2) is 7.92. The average Bonchev–Trinajstić information content (AvgIpc) is 3.33. The number of halogens is 1. The Morgan fingerprint density at radius 1 is 1.14 bits per heavy atom. The molecule has 4 aromatic rings. The highest BCUT2D eigenvalue weighted by Gasteiger charge is 2.20. The van der Waals surface area contributed by atoms with Gasteiger partial charge in [0.25, 0.3) is 5.91 Å². The lowest BCUT2D eigenvalue weighted by Crippen LogP contribution is -2.18. The summed E-state index contributed by atoms with van der Waals surface area (Å²) in [4.78, 5) is 22.9. The number of nitrogens with one attached hydrogen (secondary N) is 1. The van der Waals surface area contributed by atoms with E-state index in [1.54, 1.807) is 18.3 Å². The standard InChI is InChI=1S/C20H16ClN5OS/c1-13-6-2-3-7-15(13)19(27)26-20(23-12-14-9-10-17(21)28-14)24-18(25-26)16-8-4-5-11-22-16/h2-11H,12H2,1H3,(H,23,24,25). The fourth-order valence-corrected chi connectivity index (χ4v) is 3.74. The van der Waals surface area contributed by atoms with Crippen molar-refractivity contribution in [3.63, 3.8) is 0 Å². The number of anilines is 1. The second-order valence-corrected chi connectivity index (χ2v) is 7.86. The number of carbonyl (C=O) groups excluding carboxylic acids is 1. The van der Waals surface area contributed by atoms with Crippen molar-refractivity contribution in [2.24, 2.45) is 0 Å². The van der Waals surface area contributed by atoms with Crippen LogP contribution in [0.5, 0.6) is 0 Å². The highest BCUT2D eigenvalue weighted by molar-refractivity contribution is 7.16. The van der Waals surface area contributed by atoms with Gasteiger partial charge in [-0.2, -0.15) is 9.67 Å². The molecule has 4 rings (SSSR count). The van der Waals surface area contributed by atoms with E-state index in [1.807, 2.05) is 49.4 Å². The molecule has 0 saturated carbocycles. The van der Waals surface area contributed by atoms with Gasteiger partial charge in [0.1, 0.15) is 5.69 Å². The zero-order valence-electron chi connectivity index (χ0n) is 15.0. The number of aryl methyl sites for hydroxylation is 1. The van der Waals surface area contributed by atoms with Crippen LogP contribution >= 0.6 is 22.9 Å². The zero-order valence-corrected chi connectivity index (χ0v) is 16.5. The van der Waals surface area contributed by atoms with Gasteiger partial charge >= 0.3 is 0 Å². The Kier molecular flexibility index (Phi) is 5.18. The Balaban J connectivity index is 1.71. The van der Waals surface area contributed by atoms with Gasteiger partial charge in [-0.3, -0.25) is 9.78 Å². The number of benzene rings is 1. The summed E-state index contributed by atoms with van der Waals surface area (Å²) in [5, 5.41) is 7.62. The van der Waals surface area contributed by atoms with Gasteiger partial charge in [-0.25, -0.2) is 0 Å². The lowest BCUT2D eigenvalue weighted by atomic mass is 10.1. The van der Waals surface area contributed by atoms with Crippen LogP contribution in [0.3, 0.4) is 0 Å². The summed E-state index contributed by atoms with van der Waals surface area (Å²) in [6.07, 6.45) is 1.67. The predicted molar refractivity (Wildman–Crippen MR) is 111 cm³/mol. The largest absolute Gasteiger partial charge is 0.349 e. The van der Waals surface area contributed by atoms with Gasteiger partial charge in [0.05, 0.1) is 10.9 Å². The van der Waals surface area contributed by atoms with Crippen molar-refractivity contribution in [1.29, 1.82) is 0 Å². The van der Waals surface area contributed by atoms with Crippen LogP contribution < -0.4 is 5.32 Å². The molecule has 0 amide bonds. The zero-order chi connectivity index (χ0) is 19.5. The molecule has 3 heterocycles. The molecule has 3 aromatic heterocycles. The smallest absolute Gasteiger partial charge is 0.281 e. The van der Waals surface area contributed by atoms with Gasteiger partial charge in [0, 0.05) is 16.6 Å². The first-order valence-electron chi connectivity index (χ1n) is 8.59. The second-order valence-electron chi connectivity index (χ2n) is 6.07. The maximum absolute atomic E-state index is 13.1. The molecule has 0 aliphatic heterocycles. The fourth-order valence-electron chi connectivity index (χ4n) is 2.71. The van der Waals surface area contributed by atoms with E-state index in [1.165, 1.54) is 16.0 Å². The summed E-state index contributed by atoms with van der Waals surface area (Å²) in [5.74, 6) is 0.493. The van der Waals surface area contributed by atoms with Crippen LogP contribution in [0.4, 0.5) is 5.95 Å². The molecular formula is C20H16ClN5OS. The number of carbonyl (C=O) groups is 1. The van der Waals surface area contributed by atoms with E-state index in [-0.39, 0.29) is 5.91 Å². The number of hydrogen-bond acceptors (Lipinski definition) is 6. The lowest BCUT2D eigenvalue weighted by molar-refractivity contribution is 0.0947. The van der Waals surface area contributed by atoms with Crippen molar-refractivity contribution in [2.75, 3.05) is 5.32 Å². The molecule has 0 radical (unpaired) electrons. The fraction of sp³-hybridized carbons (Fsp3) is 0.100. The predicted octanol–water partition coefficient (Wildman–Crippen LogP) is 4.66. The summed E-state index contributed by atoms with van der Waals surface area (Å²) in [6.45, 7) is 2.38. The van der Waals surface area contributed by atoms with E-state index in [0.29, 0.717) is 33.9 Å². The van der Waals surface area contributed by atoms with Crippen molar-refractivity contribution in [2.45, 2.75) is 13.5 Å². The Morgan fingerprint density at radius 3 is 2.68 bits per heavy atom. The number of aromatic nitrogens is 4. The third-order valence-electron chi connectivity index (χ3n) is 4.12. The van der Waals surface area contributed by atoms with Gasteiger partial charge in [-0.05, 0) is 42.8 Å². The van der Waals surface area contributed by atoms with E-state index < -0.39 is 0 Å². The van der Waals surface area contributed by atoms with Gasteiger partial charge in [0.2, 0.25) is 11.8 Å². The van der Waals surface area contributed by atoms with E-state index in [2.05, 4.69) is 20.4 Å². The molecule has 6 nitrogen and oxygen atoms in total. The summed E-state index contributed by atoms with van der Waals surface area (Å²) in [7, 11) is 0. The van der Waals surface area contributed by atoms with E-state index in [0.717, 1.165) is 10.4 Å². The number of thiophene rings is 1. The maximum atomic E-state index is 13.1. The average molecular weight is 410 g/mol. The molecule has 1 N–H and O–H groups in total. The van der Waals surface area contributed by atoms with Crippen molar-refractivity contribution < 1.29 is 4.79 Å². The molecule has 140 valence electrons. The summed E-state index contributed by atoms with van der Waals surface area (Å²) in [5.41, 5.74) is 2.04. The van der Waals surface area contributed by atoms with Crippen LogP contribution in [0.25, 0.3) is 11.5 Å². The number of pyridine rings is 1. The minimum atomic E-state index is -0.250. The monoisotopic (exact) mass is 409 g/mol. The van der Waals surface area contributed by atoms with Crippen molar-refractivity contribution >= 4 is 34.8 Å². The number of rotatable bonds is 5. The first-order chi connectivity index (χ1) is 13.6. The van der Waals surface area contributed by atoms with E-state index in [9.17, 15) is 4.79 Å². The minimum absolute atomic E-state index is 0.250. The Morgan fingerprint density at radius 2 is 1.96 bits per heavy atom. The molecule has 0 spiro atoms. The summed E-state index contributed by atoms with van der Waals surface area (Å²) >= 11 is 7.47. The Hall–Kier alpha value is -3.03.